The van der Waals surface area contributed by atoms with Gasteiger partial charge in [-0.1, -0.05) is 92.7 Å². The van der Waals surface area contributed by atoms with Gasteiger partial charge < -0.3 is 25.2 Å². The first-order valence-corrected chi connectivity index (χ1v) is 14.0. The number of ether oxygens (including phenoxy) is 1. The third-order valence-corrected chi connectivity index (χ3v) is 7.05. The Hall–Kier alpha value is -4.96. The van der Waals surface area contributed by atoms with Gasteiger partial charge in [-0.3, -0.25) is 19.3 Å². The first kappa shape index (κ1) is 31.0. The number of carbonyl (C=O) groups is 4. The predicted molar refractivity (Wildman–Crippen MR) is 159 cm³/mol. The Morgan fingerprint density at radius 3 is 2.07 bits per heavy atom. The maximum absolute atomic E-state index is 14.0. The summed E-state index contributed by atoms with van der Waals surface area (Å²) in [5, 5.41) is 22.4. The second-order valence-electron chi connectivity index (χ2n) is 10.5. The summed E-state index contributed by atoms with van der Waals surface area (Å²) in [4.78, 5) is 55.1. The van der Waals surface area contributed by atoms with Crippen molar-refractivity contribution in [3.63, 3.8) is 0 Å². The Balaban J connectivity index is 1.62. The lowest BCUT2D eigenvalue weighted by Crippen LogP contribution is -2.58. The molecule has 3 N–H and O–H groups in total. The predicted octanol–water partition coefficient (Wildman–Crippen LogP) is 2.93. The van der Waals surface area contributed by atoms with Crippen LogP contribution in [0, 0.1) is 5.92 Å². The van der Waals surface area contributed by atoms with E-state index in [-0.39, 0.29) is 18.9 Å². The molecule has 0 aromatic heterocycles. The first-order chi connectivity index (χ1) is 20.7. The third kappa shape index (κ3) is 7.87. The molecule has 0 bridgehead atoms. The summed E-state index contributed by atoms with van der Waals surface area (Å²) < 4.78 is 5.67. The number of rotatable bonds is 12. The number of carboxylic acid groups (broad SMARTS) is 1. The molecule has 0 spiro atoms. The average molecular weight is 586 g/mol. The highest BCUT2D eigenvalue weighted by atomic mass is 16.5. The zero-order valence-electron chi connectivity index (χ0n) is 24.0. The standard InChI is InChI=1S/C33H35N3O7/c1-22(2)30-32(40)35(20-28(37)34-26(31(39)33(41)42)18-23-12-6-3-7-13-23)27(24-14-8-4-9-15-24)19-36(30)29(38)21-43-25-16-10-5-11-17-25/h3-17,19,22,26,30-31,39H,18,20-21H2,1-2H3,(H,34,37)(H,41,42)/t26-,30?,31?/m0/s1. The summed E-state index contributed by atoms with van der Waals surface area (Å²) in [6.45, 7) is 2.86. The van der Waals surface area contributed by atoms with Crippen molar-refractivity contribution in [1.29, 1.82) is 0 Å². The number of nitrogens with one attached hydrogen (secondary N) is 1. The summed E-state index contributed by atoms with van der Waals surface area (Å²) in [6, 6.07) is 24.5. The quantitative estimate of drug-likeness (QED) is 0.297. The van der Waals surface area contributed by atoms with Crippen LogP contribution in [0.5, 0.6) is 5.75 Å². The average Bonchev–Trinajstić information content (AvgIpc) is 3.01. The molecule has 0 radical (unpaired) electrons. The highest BCUT2D eigenvalue weighted by Crippen LogP contribution is 2.30. The van der Waals surface area contributed by atoms with Crippen LogP contribution < -0.4 is 10.1 Å². The topological polar surface area (TPSA) is 136 Å². The van der Waals surface area contributed by atoms with Crippen LogP contribution in [0.1, 0.15) is 25.0 Å². The van der Waals surface area contributed by atoms with Crippen LogP contribution in [0.2, 0.25) is 0 Å². The molecule has 0 saturated heterocycles. The lowest BCUT2D eigenvalue weighted by molar-refractivity contribution is -0.149. The fraction of sp³-hybridized carbons (Fsp3) is 0.273. The molecular weight excluding hydrogens is 550 g/mol. The molecule has 1 aliphatic rings. The van der Waals surface area contributed by atoms with Crippen molar-refractivity contribution in [3.05, 3.63) is 108 Å². The number of hydrogen-bond donors (Lipinski definition) is 3. The van der Waals surface area contributed by atoms with E-state index >= 15 is 0 Å². The largest absolute Gasteiger partial charge is 0.484 e. The molecule has 1 aliphatic heterocycles. The van der Waals surface area contributed by atoms with Gasteiger partial charge in [0.2, 0.25) is 5.91 Å². The van der Waals surface area contributed by atoms with E-state index in [1.165, 1.54) is 9.80 Å². The maximum atomic E-state index is 14.0. The molecule has 224 valence electrons. The van der Waals surface area contributed by atoms with E-state index in [4.69, 9.17) is 4.74 Å². The van der Waals surface area contributed by atoms with Crippen LogP contribution in [0.15, 0.2) is 97.2 Å². The molecule has 10 heteroatoms. The Kier molecular flexibility index (Phi) is 10.3. The molecule has 3 aromatic rings. The number of hydrogen-bond acceptors (Lipinski definition) is 6. The van der Waals surface area contributed by atoms with Gasteiger partial charge >= 0.3 is 5.97 Å². The number of carboxylic acids is 1. The lowest BCUT2D eigenvalue weighted by Gasteiger charge is -2.41. The molecule has 1 heterocycles. The zero-order valence-corrected chi connectivity index (χ0v) is 24.0. The SMILES string of the molecule is CC(C)C1C(=O)N(CC(=O)N[C@@H](Cc2ccccc2)C(O)C(=O)O)C(c2ccccc2)=CN1C(=O)COc1ccccc1. The van der Waals surface area contributed by atoms with Crippen molar-refractivity contribution in [2.24, 2.45) is 5.92 Å². The monoisotopic (exact) mass is 585 g/mol. The summed E-state index contributed by atoms with van der Waals surface area (Å²) in [5.74, 6) is -2.84. The number of nitrogens with zero attached hydrogens (tertiary/aromatic N) is 2. The second kappa shape index (κ2) is 14.3. The van der Waals surface area contributed by atoms with Gasteiger partial charge in [-0.05, 0) is 35.6 Å². The molecule has 3 amide bonds. The molecule has 3 aromatic carbocycles. The van der Waals surface area contributed by atoms with Crippen LogP contribution >= 0.6 is 0 Å². The molecule has 0 saturated carbocycles. The summed E-state index contributed by atoms with van der Waals surface area (Å²) >= 11 is 0. The minimum Gasteiger partial charge on any atom is -0.484 e. The minimum atomic E-state index is -1.87. The first-order valence-electron chi connectivity index (χ1n) is 14.0. The smallest absolute Gasteiger partial charge is 0.334 e. The minimum absolute atomic E-state index is 0.0632. The Morgan fingerprint density at radius 2 is 1.49 bits per heavy atom. The zero-order chi connectivity index (χ0) is 30.9. The fourth-order valence-electron chi connectivity index (χ4n) is 4.93. The van der Waals surface area contributed by atoms with Gasteiger partial charge in [0, 0.05) is 6.20 Å². The number of benzene rings is 3. The van der Waals surface area contributed by atoms with Crippen molar-refractivity contribution in [3.8, 4) is 5.75 Å². The van der Waals surface area contributed by atoms with E-state index in [9.17, 15) is 29.4 Å². The van der Waals surface area contributed by atoms with Crippen molar-refractivity contribution in [2.45, 2.75) is 38.5 Å². The van der Waals surface area contributed by atoms with Gasteiger partial charge in [0.1, 0.15) is 18.3 Å². The van der Waals surface area contributed by atoms with Crippen LogP contribution in [0.4, 0.5) is 0 Å². The number of carbonyl (C=O) groups excluding carboxylic acids is 3. The van der Waals surface area contributed by atoms with E-state index in [0.29, 0.717) is 17.0 Å². The normalized spacial score (nSPS) is 16.3. The van der Waals surface area contributed by atoms with Crippen LogP contribution in [-0.2, 0) is 25.6 Å². The van der Waals surface area contributed by atoms with Crippen LogP contribution in [-0.4, -0.2) is 75.0 Å². The Labute approximate surface area is 250 Å². The van der Waals surface area contributed by atoms with Crippen molar-refractivity contribution >= 4 is 29.4 Å². The number of para-hydroxylation sites is 1. The number of aliphatic carboxylic acids is 1. The van der Waals surface area contributed by atoms with Crippen LogP contribution in [0.3, 0.4) is 0 Å². The molecule has 10 nitrogen and oxygen atoms in total. The van der Waals surface area contributed by atoms with Gasteiger partial charge in [0.15, 0.2) is 12.7 Å². The van der Waals surface area contributed by atoms with Crippen molar-refractivity contribution in [1.82, 2.24) is 15.1 Å². The number of aliphatic hydroxyl groups excluding tert-OH is 1. The van der Waals surface area contributed by atoms with Gasteiger partial charge in [-0.25, -0.2) is 4.79 Å². The molecule has 2 unspecified atom stereocenters. The van der Waals surface area contributed by atoms with E-state index in [1.54, 1.807) is 105 Å². The van der Waals surface area contributed by atoms with Crippen molar-refractivity contribution < 1.29 is 34.1 Å². The van der Waals surface area contributed by atoms with Crippen molar-refractivity contribution in [2.75, 3.05) is 13.2 Å². The summed E-state index contributed by atoms with van der Waals surface area (Å²) in [6.07, 6.45) is -0.251. The van der Waals surface area contributed by atoms with E-state index < -0.39 is 48.4 Å². The Bertz CT molecular complexity index is 1450. The number of aliphatic hydroxyl groups is 1. The molecule has 3 atom stereocenters. The Morgan fingerprint density at radius 1 is 0.907 bits per heavy atom. The highest BCUT2D eigenvalue weighted by molar-refractivity contribution is 6.00. The van der Waals surface area contributed by atoms with Gasteiger partial charge in [-0.15, -0.1) is 0 Å². The molecule has 43 heavy (non-hydrogen) atoms. The van der Waals surface area contributed by atoms with Crippen LogP contribution in [0.25, 0.3) is 5.70 Å². The van der Waals surface area contributed by atoms with E-state index in [0.717, 1.165) is 5.56 Å². The van der Waals surface area contributed by atoms with Gasteiger partial charge in [0.25, 0.3) is 11.8 Å². The molecular formula is C33H35N3O7. The number of amides is 3. The molecule has 0 aliphatic carbocycles. The van der Waals surface area contributed by atoms with Gasteiger partial charge in [0.05, 0.1) is 11.7 Å². The van der Waals surface area contributed by atoms with E-state index in [1.807, 2.05) is 6.07 Å². The summed E-state index contributed by atoms with van der Waals surface area (Å²) in [5.41, 5.74) is 1.64. The van der Waals surface area contributed by atoms with Gasteiger partial charge in [-0.2, -0.15) is 0 Å². The molecule has 4 rings (SSSR count). The third-order valence-electron chi connectivity index (χ3n) is 7.05. The fourth-order valence-corrected chi connectivity index (χ4v) is 4.93. The highest BCUT2D eigenvalue weighted by Gasteiger charge is 2.41. The maximum Gasteiger partial charge on any atom is 0.334 e. The lowest BCUT2D eigenvalue weighted by atomic mass is 9.96. The summed E-state index contributed by atoms with van der Waals surface area (Å²) in [7, 11) is 0. The second-order valence-corrected chi connectivity index (χ2v) is 10.5. The molecule has 0 fully saturated rings. The van der Waals surface area contributed by atoms with E-state index in [2.05, 4.69) is 5.32 Å².